The maximum atomic E-state index is 12.8. The molecule has 28 heavy (non-hydrogen) atoms. The number of benzene rings is 2. The summed E-state index contributed by atoms with van der Waals surface area (Å²) in [6.45, 7) is 9.29. The van der Waals surface area contributed by atoms with Gasteiger partial charge in [-0.25, -0.2) is 0 Å². The molecule has 6 nitrogen and oxygen atoms in total. The Labute approximate surface area is 166 Å². The molecule has 0 spiro atoms. The first-order valence-electron chi connectivity index (χ1n) is 9.54. The van der Waals surface area contributed by atoms with Crippen molar-refractivity contribution in [3.63, 3.8) is 0 Å². The molecule has 2 aromatic carbocycles. The Morgan fingerprint density at radius 2 is 1.64 bits per heavy atom. The van der Waals surface area contributed by atoms with E-state index in [1.54, 1.807) is 30.0 Å². The zero-order valence-electron chi connectivity index (χ0n) is 17.0. The van der Waals surface area contributed by atoms with E-state index in [0.29, 0.717) is 49.1 Å². The van der Waals surface area contributed by atoms with Crippen LogP contribution < -0.4 is 14.8 Å². The second-order valence-corrected chi connectivity index (χ2v) is 6.17. The number of ether oxygens (including phenoxy) is 2. The molecular formula is C22H28N2O4. The summed E-state index contributed by atoms with van der Waals surface area (Å²) in [5, 5.41) is 2.94. The molecule has 0 saturated carbocycles. The van der Waals surface area contributed by atoms with Crippen molar-refractivity contribution in [2.45, 2.75) is 34.2 Å². The van der Waals surface area contributed by atoms with Crippen molar-refractivity contribution in [1.82, 2.24) is 4.90 Å². The number of para-hydroxylation sites is 1. The van der Waals surface area contributed by atoms with Crippen molar-refractivity contribution in [1.29, 1.82) is 0 Å². The Hall–Kier alpha value is -3.02. The van der Waals surface area contributed by atoms with Gasteiger partial charge in [0.2, 0.25) is 5.91 Å². The summed E-state index contributed by atoms with van der Waals surface area (Å²) >= 11 is 0. The smallest absolute Gasteiger partial charge is 0.255 e. The number of nitrogens with zero attached hydrogens (tertiary/aromatic N) is 1. The Balaban J connectivity index is 2.23. The minimum absolute atomic E-state index is 0.00324. The summed E-state index contributed by atoms with van der Waals surface area (Å²) in [7, 11) is 0. The number of carbonyl (C=O) groups excluding carboxylic acids is 2. The number of amides is 2. The molecule has 0 radical (unpaired) electrons. The molecule has 0 unspecified atom stereocenters. The third kappa shape index (κ3) is 5.49. The lowest BCUT2D eigenvalue weighted by atomic mass is 10.1. The normalized spacial score (nSPS) is 10.3. The standard InChI is InChI=1S/C22H28N2O4/c1-5-24(16(4)25)15-18-10-8-9-11-19(18)23-22(26)17-12-13-20(27-6-2)21(14-17)28-7-3/h8-14H,5-7,15H2,1-4H3,(H,23,26). The summed E-state index contributed by atoms with van der Waals surface area (Å²) in [5.74, 6) is 0.902. The zero-order valence-corrected chi connectivity index (χ0v) is 17.0. The van der Waals surface area contributed by atoms with Crippen LogP contribution in [0, 0.1) is 0 Å². The summed E-state index contributed by atoms with van der Waals surface area (Å²) < 4.78 is 11.1. The van der Waals surface area contributed by atoms with Crippen molar-refractivity contribution < 1.29 is 19.1 Å². The molecule has 0 atom stereocenters. The van der Waals surface area contributed by atoms with E-state index in [1.807, 2.05) is 45.0 Å². The number of carbonyl (C=O) groups is 2. The molecular weight excluding hydrogens is 356 g/mol. The highest BCUT2D eigenvalue weighted by Gasteiger charge is 2.15. The minimum Gasteiger partial charge on any atom is -0.490 e. The molecule has 0 aliphatic rings. The van der Waals surface area contributed by atoms with E-state index in [9.17, 15) is 9.59 Å². The highest BCUT2D eigenvalue weighted by molar-refractivity contribution is 6.05. The van der Waals surface area contributed by atoms with E-state index in [2.05, 4.69) is 5.32 Å². The van der Waals surface area contributed by atoms with Crippen LogP contribution in [0.2, 0.25) is 0 Å². The van der Waals surface area contributed by atoms with E-state index in [4.69, 9.17) is 9.47 Å². The molecule has 0 heterocycles. The van der Waals surface area contributed by atoms with Crippen molar-refractivity contribution >= 4 is 17.5 Å². The summed E-state index contributed by atoms with van der Waals surface area (Å²) in [6.07, 6.45) is 0. The van der Waals surface area contributed by atoms with Gasteiger partial charge in [-0.05, 0) is 50.6 Å². The average molecular weight is 384 g/mol. The first kappa shape index (κ1) is 21.3. The highest BCUT2D eigenvalue weighted by Crippen LogP contribution is 2.29. The average Bonchev–Trinajstić information content (AvgIpc) is 2.68. The topological polar surface area (TPSA) is 67.9 Å². The predicted octanol–water partition coefficient (Wildman–Crippen LogP) is 4.10. The second-order valence-electron chi connectivity index (χ2n) is 6.17. The summed E-state index contributed by atoms with van der Waals surface area (Å²) in [6, 6.07) is 12.6. The maximum Gasteiger partial charge on any atom is 0.255 e. The number of nitrogens with one attached hydrogen (secondary N) is 1. The third-order valence-corrected chi connectivity index (χ3v) is 4.26. The molecule has 0 saturated heterocycles. The Morgan fingerprint density at radius 1 is 0.964 bits per heavy atom. The number of hydrogen-bond acceptors (Lipinski definition) is 4. The van der Waals surface area contributed by atoms with Crippen LogP contribution >= 0.6 is 0 Å². The number of rotatable bonds is 9. The van der Waals surface area contributed by atoms with E-state index in [1.165, 1.54) is 0 Å². The van der Waals surface area contributed by atoms with Gasteiger partial charge in [-0.3, -0.25) is 9.59 Å². The van der Waals surface area contributed by atoms with Crippen LogP contribution in [-0.4, -0.2) is 36.5 Å². The molecule has 6 heteroatoms. The van der Waals surface area contributed by atoms with Gasteiger partial charge >= 0.3 is 0 Å². The van der Waals surface area contributed by atoms with Gasteiger partial charge in [0.1, 0.15) is 0 Å². The van der Waals surface area contributed by atoms with Crippen LogP contribution in [0.25, 0.3) is 0 Å². The van der Waals surface area contributed by atoms with Crippen molar-refractivity contribution in [3.8, 4) is 11.5 Å². The third-order valence-electron chi connectivity index (χ3n) is 4.26. The fourth-order valence-electron chi connectivity index (χ4n) is 2.82. The Bertz CT molecular complexity index is 820. The monoisotopic (exact) mass is 384 g/mol. The number of anilines is 1. The molecule has 2 aromatic rings. The van der Waals surface area contributed by atoms with Crippen LogP contribution in [0.5, 0.6) is 11.5 Å². The van der Waals surface area contributed by atoms with Gasteiger partial charge in [-0.2, -0.15) is 0 Å². The lowest BCUT2D eigenvalue weighted by molar-refractivity contribution is -0.129. The molecule has 0 aromatic heterocycles. The molecule has 2 amide bonds. The molecule has 0 fully saturated rings. The van der Waals surface area contributed by atoms with Crippen LogP contribution in [0.1, 0.15) is 43.6 Å². The lowest BCUT2D eigenvalue weighted by Gasteiger charge is -2.21. The first-order chi connectivity index (χ1) is 13.5. The van der Waals surface area contributed by atoms with Crippen molar-refractivity contribution in [3.05, 3.63) is 53.6 Å². The zero-order chi connectivity index (χ0) is 20.5. The molecule has 0 bridgehead atoms. The van der Waals surface area contributed by atoms with Crippen LogP contribution in [-0.2, 0) is 11.3 Å². The minimum atomic E-state index is -0.248. The van der Waals surface area contributed by atoms with Crippen LogP contribution in [0.4, 0.5) is 5.69 Å². The van der Waals surface area contributed by atoms with Gasteiger partial charge in [-0.15, -0.1) is 0 Å². The van der Waals surface area contributed by atoms with E-state index < -0.39 is 0 Å². The van der Waals surface area contributed by atoms with Crippen molar-refractivity contribution in [2.24, 2.45) is 0 Å². The van der Waals surface area contributed by atoms with Gasteiger partial charge in [0, 0.05) is 31.3 Å². The van der Waals surface area contributed by atoms with E-state index >= 15 is 0 Å². The SMILES string of the molecule is CCOc1ccc(C(=O)Nc2ccccc2CN(CC)C(C)=O)cc1OCC. The lowest BCUT2D eigenvalue weighted by Crippen LogP contribution is -2.28. The van der Waals surface area contributed by atoms with Crippen molar-refractivity contribution in [2.75, 3.05) is 25.1 Å². The van der Waals surface area contributed by atoms with Crippen LogP contribution in [0.15, 0.2) is 42.5 Å². The maximum absolute atomic E-state index is 12.8. The van der Waals surface area contributed by atoms with Gasteiger partial charge in [0.05, 0.1) is 13.2 Å². The summed E-state index contributed by atoms with van der Waals surface area (Å²) in [5.41, 5.74) is 2.03. The Kier molecular flexibility index (Phi) is 7.87. The predicted molar refractivity (Wildman–Crippen MR) is 110 cm³/mol. The quantitative estimate of drug-likeness (QED) is 0.707. The van der Waals surface area contributed by atoms with Gasteiger partial charge in [0.25, 0.3) is 5.91 Å². The first-order valence-corrected chi connectivity index (χ1v) is 9.54. The molecule has 2 rings (SSSR count). The summed E-state index contributed by atoms with van der Waals surface area (Å²) in [4.78, 5) is 26.2. The van der Waals surface area contributed by atoms with Gasteiger partial charge in [-0.1, -0.05) is 18.2 Å². The van der Waals surface area contributed by atoms with E-state index in [0.717, 1.165) is 5.56 Å². The number of hydrogen-bond donors (Lipinski definition) is 1. The fourth-order valence-corrected chi connectivity index (χ4v) is 2.82. The van der Waals surface area contributed by atoms with Crippen LogP contribution in [0.3, 0.4) is 0 Å². The molecule has 0 aliphatic heterocycles. The Morgan fingerprint density at radius 3 is 2.29 bits per heavy atom. The second kappa shape index (κ2) is 10.3. The van der Waals surface area contributed by atoms with E-state index in [-0.39, 0.29) is 11.8 Å². The van der Waals surface area contributed by atoms with Gasteiger partial charge in [0.15, 0.2) is 11.5 Å². The molecule has 150 valence electrons. The van der Waals surface area contributed by atoms with Gasteiger partial charge < -0.3 is 19.7 Å². The highest BCUT2D eigenvalue weighted by atomic mass is 16.5. The largest absolute Gasteiger partial charge is 0.490 e. The molecule has 1 N–H and O–H groups in total. The molecule has 0 aliphatic carbocycles. The fraction of sp³-hybridized carbons (Fsp3) is 0.364.